The van der Waals surface area contributed by atoms with Crippen LogP contribution in [-0.4, -0.2) is 18.2 Å². The van der Waals surface area contributed by atoms with Gasteiger partial charge in [-0.3, -0.25) is 4.90 Å². The van der Waals surface area contributed by atoms with Crippen LogP contribution in [-0.2, 0) is 4.74 Å². The average Bonchev–Trinajstić information content (AvgIpc) is 3.14. The molecule has 3 rings (SSSR count). The maximum Gasteiger partial charge on any atom is 0.414 e. The first-order chi connectivity index (χ1) is 9.39. The molecule has 0 N–H and O–H groups in total. The van der Waals surface area contributed by atoms with E-state index in [0.717, 1.165) is 24.2 Å². The molecule has 1 aromatic rings. The van der Waals surface area contributed by atoms with Gasteiger partial charge in [-0.15, -0.1) is 0 Å². The lowest BCUT2D eigenvalue weighted by molar-refractivity contribution is 0.0576. The molecule has 1 saturated carbocycles. The smallest absolute Gasteiger partial charge is 0.414 e. The molecule has 4 heteroatoms. The Hall–Kier alpha value is -2.02. The molecule has 1 amide bonds. The predicted molar refractivity (Wildman–Crippen MR) is 77.1 cm³/mol. The molecule has 20 heavy (non-hydrogen) atoms. The Kier molecular flexibility index (Phi) is 2.75. The monoisotopic (exact) mass is 270 g/mol. The molecule has 1 aliphatic heterocycles. The van der Waals surface area contributed by atoms with Crippen molar-refractivity contribution in [2.75, 3.05) is 11.4 Å². The van der Waals surface area contributed by atoms with Crippen molar-refractivity contribution in [2.45, 2.75) is 38.7 Å². The molecule has 0 spiro atoms. The van der Waals surface area contributed by atoms with Gasteiger partial charge < -0.3 is 4.74 Å². The van der Waals surface area contributed by atoms with E-state index in [4.69, 9.17) is 11.3 Å². The molecule has 0 aromatic heterocycles. The number of rotatable bonds is 0. The van der Waals surface area contributed by atoms with Gasteiger partial charge in [0.15, 0.2) is 5.69 Å². The van der Waals surface area contributed by atoms with Gasteiger partial charge in [0.1, 0.15) is 5.60 Å². The van der Waals surface area contributed by atoms with E-state index in [1.807, 2.05) is 32.9 Å². The minimum absolute atomic E-state index is 0.292. The fourth-order valence-corrected chi connectivity index (χ4v) is 2.81. The van der Waals surface area contributed by atoms with Crippen LogP contribution >= 0.6 is 0 Å². The largest absolute Gasteiger partial charge is 0.443 e. The van der Waals surface area contributed by atoms with Crippen molar-refractivity contribution in [3.8, 4) is 0 Å². The van der Waals surface area contributed by atoms with Gasteiger partial charge in [0.25, 0.3) is 0 Å². The Morgan fingerprint density at radius 2 is 2.20 bits per heavy atom. The first-order valence-electron chi connectivity index (χ1n) is 6.91. The third-order valence-corrected chi connectivity index (χ3v) is 3.78. The highest BCUT2D eigenvalue weighted by Gasteiger charge is 2.47. The second kappa shape index (κ2) is 4.24. The number of benzene rings is 1. The Morgan fingerprint density at radius 3 is 2.85 bits per heavy atom. The summed E-state index contributed by atoms with van der Waals surface area (Å²) < 4.78 is 5.48. The summed E-state index contributed by atoms with van der Waals surface area (Å²) in [5.74, 6) is 1.04. The zero-order valence-corrected chi connectivity index (χ0v) is 12.0. The van der Waals surface area contributed by atoms with Crippen LogP contribution in [0.2, 0.25) is 0 Å². The maximum atomic E-state index is 12.3. The highest BCUT2D eigenvalue weighted by Crippen LogP contribution is 2.55. The van der Waals surface area contributed by atoms with E-state index in [1.54, 1.807) is 11.0 Å². The number of nitrogens with zero attached hydrogens (tertiary/aromatic N) is 2. The van der Waals surface area contributed by atoms with E-state index in [-0.39, 0.29) is 6.09 Å². The van der Waals surface area contributed by atoms with Gasteiger partial charge in [-0.1, -0.05) is 12.1 Å². The van der Waals surface area contributed by atoms with Gasteiger partial charge >= 0.3 is 6.09 Å². The van der Waals surface area contributed by atoms with Crippen molar-refractivity contribution in [1.29, 1.82) is 0 Å². The van der Waals surface area contributed by atoms with E-state index in [1.165, 1.54) is 0 Å². The molecule has 1 heterocycles. The zero-order valence-electron chi connectivity index (χ0n) is 12.0. The van der Waals surface area contributed by atoms with Crippen molar-refractivity contribution >= 4 is 17.5 Å². The highest BCUT2D eigenvalue weighted by atomic mass is 16.6. The normalized spacial score (nSPS) is 23.4. The molecule has 104 valence electrons. The summed E-state index contributed by atoms with van der Waals surface area (Å²) in [6.45, 7) is 13.5. The number of carbonyl (C=O) groups is 1. The van der Waals surface area contributed by atoms with Crippen molar-refractivity contribution in [3.63, 3.8) is 0 Å². The number of carbonyl (C=O) groups excluding carboxylic acids is 1. The molecular formula is C16H18N2O2. The second-order valence-corrected chi connectivity index (χ2v) is 6.55. The standard InChI is InChI=1S/C16H18N2O2/c1-16(2,3)20-15(19)18-9-10-7-12(10)13-8-11(17-4)5-6-14(13)18/h5-6,8,10,12H,7,9H2,1-3H3. The van der Waals surface area contributed by atoms with E-state index in [0.29, 0.717) is 17.5 Å². The molecule has 1 aliphatic carbocycles. The number of anilines is 1. The number of fused-ring (bicyclic) bond motifs is 3. The second-order valence-electron chi connectivity index (χ2n) is 6.55. The van der Waals surface area contributed by atoms with Crippen LogP contribution in [0.15, 0.2) is 18.2 Å². The van der Waals surface area contributed by atoms with Crippen LogP contribution in [0.1, 0.15) is 38.7 Å². The lowest BCUT2D eigenvalue weighted by Crippen LogP contribution is -2.40. The molecule has 1 fully saturated rings. The summed E-state index contributed by atoms with van der Waals surface area (Å²) in [6, 6.07) is 5.57. The number of hydrogen-bond donors (Lipinski definition) is 0. The lowest BCUT2D eigenvalue weighted by Gasteiger charge is -2.31. The van der Waals surface area contributed by atoms with Crippen LogP contribution in [0, 0.1) is 12.5 Å². The van der Waals surface area contributed by atoms with Gasteiger partial charge in [-0.2, -0.15) is 0 Å². The number of amides is 1. The summed E-state index contributed by atoms with van der Waals surface area (Å²) in [4.78, 5) is 17.5. The Morgan fingerprint density at radius 1 is 1.45 bits per heavy atom. The fourth-order valence-electron chi connectivity index (χ4n) is 2.81. The van der Waals surface area contributed by atoms with E-state index < -0.39 is 5.60 Å². The average molecular weight is 270 g/mol. The lowest BCUT2D eigenvalue weighted by atomic mass is 10.0. The quantitative estimate of drug-likeness (QED) is 0.665. The van der Waals surface area contributed by atoms with Crippen LogP contribution < -0.4 is 4.90 Å². The SMILES string of the molecule is [C-]#[N+]c1ccc2c(c1)C1CC1CN2C(=O)OC(C)(C)C. The Bertz CT molecular complexity index is 610. The summed E-state index contributed by atoms with van der Waals surface area (Å²) in [5.41, 5.74) is 2.18. The fraction of sp³-hybridized carbons (Fsp3) is 0.500. The van der Waals surface area contributed by atoms with Crippen LogP contribution in [0.3, 0.4) is 0 Å². The van der Waals surface area contributed by atoms with Crippen molar-refractivity contribution in [3.05, 3.63) is 35.2 Å². The van der Waals surface area contributed by atoms with Gasteiger partial charge in [0.2, 0.25) is 0 Å². The van der Waals surface area contributed by atoms with E-state index >= 15 is 0 Å². The van der Waals surface area contributed by atoms with Crippen molar-refractivity contribution in [2.24, 2.45) is 5.92 Å². The molecule has 2 unspecified atom stereocenters. The van der Waals surface area contributed by atoms with Gasteiger partial charge in [0, 0.05) is 12.2 Å². The van der Waals surface area contributed by atoms with Crippen LogP contribution in [0.4, 0.5) is 16.2 Å². The van der Waals surface area contributed by atoms with Gasteiger partial charge in [-0.05, 0) is 50.7 Å². The molecule has 4 nitrogen and oxygen atoms in total. The topological polar surface area (TPSA) is 33.9 Å². The molecule has 0 bridgehead atoms. The first kappa shape index (κ1) is 13.0. The molecule has 1 aromatic carbocycles. The third kappa shape index (κ3) is 2.24. The Labute approximate surface area is 119 Å². The van der Waals surface area contributed by atoms with Crippen molar-refractivity contribution in [1.82, 2.24) is 0 Å². The minimum Gasteiger partial charge on any atom is -0.443 e. The van der Waals surface area contributed by atoms with Crippen LogP contribution in [0.25, 0.3) is 4.85 Å². The summed E-state index contributed by atoms with van der Waals surface area (Å²) >= 11 is 0. The highest BCUT2D eigenvalue weighted by molar-refractivity contribution is 5.91. The predicted octanol–water partition coefficient (Wildman–Crippen LogP) is 4.10. The summed E-state index contributed by atoms with van der Waals surface area (Å²) in [7, 11) is 0. The first-order valence-corrected chi connectivity index (χ1v) is 6.91. The summed E-state index contributed by atoms with van der Waals surface area (Å²) in [6.07, 6.45) is 0.813. The zero-order chi connectivity index (χ0) is 14.5. The molecule has 0 saturated heterocycles. The van der Waals surface area contributed by atoms with Gasteiger partial charge in [0.05, 0.1) is 6.57 Å². The van der Waals surface area contributed by atoms with Gasteiger partial charge in [-0.25, -0.2) is 9.64 Å². The molecule has 2 atom stereocenters. The minimum atomic E-state index is -0.492. The summed E-state index contributed by atoms with van der Waals surface area (Å²) in [5, 5.41) is 0. The van der Waals surface area contributed by atoms with Crippen LogP contribution in [0.5, 0.6) is 0 Å². The molecular weight excluding hydrogens is 252 g/mol. The third-order valence-electron chi connectivity index (χ3n) is 3.78. The number of ether oxygens (including phenoxy) is 1. The van der Waals surface area contributed by atoms with Crippen molar-refractivity contribution < 1.29 is 9.53 Å². The number of hydrogen-bond acceptors (Lipinski definition) is 2. The molecule has 0 radical (unpaired) electrons. The maximum absolute atomic E-state index is 12.3. The molecule has 2 aliphatic rings. The Balaban J connectivity index is 1.93. The van der Waals surface area contributed by atoms with E-state index in [2.05, 4.69) is 4.85 Å². The van der Waals surface area contributed by atoms with E-state index in [9.17, 15) is 4.79 Å².